The smallest absolute Gasteiger partial charge is 0.164 e. The lowest BCUT2D eigenvalue weighted by molar-refractivity contribution is 0.0809. The lowest BCUT2D eigenvalue weighted by atomic mass is 10.0. The summed E-state index contributed by atoms with van der Waals surface area (Å²) in [6.07, 6.45) is 0.325. The first-order valence-electron chi connectivity index (χ1n) is 6.34. The van der Waals surface area contributed by atoms with E-state index in [1.54, 1.807) is 0 Å². The van der Waals surface area contributed by atoms with Crippen LogP contribution >= 0.6 is 0 Å². The van der Waals surface area contributed by atoms with E-state index in [4.69, 9.17) is 0 Å². The van der Waals surface area contributed by atoms with Gasteiger partial charge < -0.3 is 9.80 Å². The second-order valence-electron chi connectivity index (χ2n) is 5.15. The molecule has 1 aromatic rings. The summed E-state index contributed by atoms with van der Waals surface area (Å²) >= 11 is 0. The molecule has 0 radical (unpaired) electrons. The van der Waals surface area contributed by atoms with Crippen LogP contribution in [-0.4, -0.2) is 55.4 Å². The number of Topliss-reactive ketones (excluding diaryl/α,β-unsaturated/α-hetero) is 1. The zero-order valence-electron chi connectivity index (χ0n) is 11.2. The Morgan fingerprint density at radius 3 is 2.68 bits per heavy atom. The maximum absolute atomic E-state index is 13.1. The van der Waals surface area contributed by atoms with Gasteiger partial charge in [0.05, 0.1) is 0 Å². The highest BCUT2D eigenvalue weighted by molar-refractivity contribution is 5.96. The maximum Gasteiger partial charge on any atom is 0.164 e. The van der Waals surface area contributed by atoms with E-state index in [9.17, 15) is 13.6 Å². The van der Waals surface area contributed by atoms with Gasteiger partial charge in [-0.05, 0) is 32.3 Å². The second kappa shape index (κ2) is 5.75. The highest BCUT2D eigenvalue weighted by Crippen LogP contribution is 2.15. The molecule has 0 spiro atoms. The predicted molar refractivity (Wildman–Crippen MR) is 69.2 cm³/mol. The van der Waals surface area contributed by atoms with Crippen molar-refractivity contribution in [1.29, 1.82) is 0 Å². The molecular weight excluding hydrogens is 250 g/mol. The summed E-state index contributed by atoms with van der Waals surface area (Å²) in [5, 5.41) is 0. The first kappa shape index (κ1) is 14.1. The molecule has 1 saturated heterocycles. The zero-order chi connectivity index (χ0) is 14.0. The number of carbonyl (C=O) groups excluding carboxylic acids is 1. The van der Waals surface area contributed by atoms with E-state index >= 15 is 0 Å². The van der Waals surface area contributed by atoms with Crippen molar-refractivity contribution in [2.75, 3.05) is 33.7 Å². The van der Waals surface area contributed by atoms with E-state index < -0.39 is 11.6 Å². The van der Waals surface area contributed by atoms with Crippen LogP contribution in [0.25, 0.3) is 0 Å². The largest absolute Gasteiger partial charge is 0.304 e. The van der Waals surface area contributed by atoms with E-state index in [2.05, 4.69) is 9.80 Å². The summed E-state index contributed by atoms with van der Waals surface area (Å²) in [5.74, 6) is -2.04. The quantitative estimate of drug-likeness (QED) is 0.781. The third-order valence-corrected chi connectivity index (χ3v) is 3.64. The highest BCUT2D eigenvalue weighted by atomic mass is 19.2. The molecule has 0 saturated carbocycles. The lowest BCUT2D eigenvalue weighted by Crippen LogP contribution is -2.50. The van der Waals surface area contributed by atoms with Crippen LogP contribution in [0.4, 0.5) is 8.78 Å². The molecule has 0 aliphatic carbocycles. The van der Waals surface area contributed by atoms with Crippen molar-refractivity contribution in [3.63, 3.8) is 0 Å². The minimum absolute atomic E-state index is 0.124. The Morgan fingerprint density at radius 1 is 1.26 bits per heavy atom. The van der Waals surface area contributed by atoms with Gasteiger partial charge in [-0.2, -0.15) is 0 Å². The fourth-order valence-electron chi connectivity index (χ4n) is 2.32. The van der Waals surface area contributed by atoms with E-state index in [0.717, 1.165) is 31.8 Å². The van der Waals surface area contributed by atoms with E-state index in [1.165, 1.54) is 6.07 Å². The van der Waals surface area contributed by atoms with Crippen molar-refractivity contribution in [2.45, 2.75) is 12.5 Å². The summed E-state index contributed by atoms with van der Waals surface area (Å²) in [4.78, 5) is 16.4. The fourth-order valence-corrected chi connectivity index (χ4v) is 2.32. The molecule has 0 amide bonds. The van der Waals surface area contributed by atoms with Crippen molar-refractivity contribution in [3.05, 3.63) is 35.4 Å². The Bertz CT molecular complexity index is 479. The summed E-state index contributed by atoms with van der Waals surface area (Å²) in [7, 11) is 4.00. The number of hydrogen-bond donors (Lipinski definition) is 0. The maximum atomic E-state index is 13.1. The SMILES string of the molecule is CN1CCN(C)C(CC(=O)c2ccc(F)c(F)c2)C1. The highest BCUT2D eigenvalue weighted by Gasteiger charge is 2.25. The number of rotatable bonds is 3. The van der Waals surface area contributed by atoms with E-state index in [1.807, 2.05) is 14.1 Å². The van der Waals surface area contributed by atoms with Gasteiger partial charge in [-0.1, -0.05) is 0 Å². The second-order valence-corrected chi connectivity index (χ2v) is 5.15. The summed E-state index contributed by atoms with van der Waals surface area (Å²) in [6.45, 7) is 2.70. The molecule has 0 bridgehead atoms. The molecule has 0 N–H and O–H groups in total. The lowest BCUT2D eigenvalue weighted by Gasteiger charge is -2.37. The summed E-state index contributed by atoms with van der Waals surface area (Å²) in [5.41, 5.74) is 0.237. The molecule has 0 aromatic heterocycles. The number of carbonyl (C=O) groups is 1. The Balaban J connectivity index is 2.05. The summed E-state index contributed by atoms with van der Waals surface area (Å²) < 4.78 is 25.9. The molecule has 3 nitrogen and oxygen atoms in total. The molecule has 1 aliphatic rings. The zero-order valence-corrected chi connectivity index (χ0v) is 11.2. The Labute approximate surface area is 111 Å². The van der Waals surface area contributed by atoms with Crippen LogP contribution in [0.2, 0.25) is 0 Å². The van der Waals surface area contributed by atoms with Crippen LogP contribution in [0, 0.1) is 11.6 Å². The van der Waals surface area contributed by atoms with Gasteiger partial charge in [0.2, 0.25) is 0 Å². The van der Waals surface area contributed by atoms with Gasteiger partial charge in [0, 0.05) is 37.7 Å². The van der Waals surface area contributed by atoms with Crippen molar-refractivity contribution in [1.82, 2.24) is 9.80 Å². The van der Waals surface area contributed by atoms with Crippen LogP contribution in [0.5, 0.6) is 0 Å². The standard InChI is InChI=1S/C14H18F2N2O/c1-17-5-6-18(2)11(9-17)8-14(19)10-3-4-12(15)13(16)7-10/h3-4,7,11H,5-6,8-9H2,1-2H3. The molecule has 5 heteroatoms. The normalized spacial score (nSPS) is 21.6. The third kappa shape index (κ3) is 3.36. The Morgan fingerprint density at radius 2 is 2.00 bits per heavy atom. The molecule has 1 aromatic carbocycles. The third-order valence-electron chi connectivity index (χ3n) is 3.64. The number of benzene rings is 1. The van der Waals surface area contributed by atoms with Crippen LogP contribution in [0.15, 0.2) is 18.2 Å². The molecule has 1 aliphatic heterocycles. The first-order chi connectivity index (χ1) is 8.97. The van der Waals surface area contributed by atoms with Crippen LogP contribution in [0.3, 0.4) is 0 Å². The monoisotopic (exact) mass is 268 g/mol. The minimum atomic E-state index is -0.972. The number of ketones is 1. The molecule has 1 fully saturated rings. The van der Waals surface area contributed by atoms with Crippen LogP contribution in [-0.2, 0) is 0 Å². The van der Waals surface area contributed by atoms with E-state index in [-0.39, 0.29) is 17.4 Å². The predicted octanol–water partition coefficient (Wildman–Crippen LogP) is 1.78. The van der Waals surface area contributed by atoms with Gasteiger partial charge in [0.25, 0.3) is 0 Å². The molecule has 2 rings (SSSR count). The van der Waals surface area contributed by atoms with Crippen molar-refractivity contribution < 1.29 is 13.6 Å². The molecular formula is C14H18F2N2O. The average molecular weight is 268 g/mol. The number of hydrogen-bond acceptors (Lipinski definition) is 3. The summed E-state index contributed by atoms with van der Waals surface area (Å²) in [6, 6.07) is 3.44. The number of nitrogens with zero attached hydrogens (tertiary/aromatic N) is 2. The van der Waals surface area contributed by atoms with Gasteiger partial charge in [-0.25, -0.2) is 8.78 Å². The van der Waals surface area contributed by atoms with Crippen LogP contribution in [0.1, 0.15) is 16.8 Å². The van der Waals surface area contributed by atoms with Crippen molar-refractivity contribution >= 4 is 5.78 Å². The van der Waals surface area contributed by atoms with Gasteiger partial charge >= 0.3 is 0 Å². The van der Waals surface area contributed by atoms with Gasteiger partial charge in [-0.3, -0.25) is 4.79 Å². The van der Waals surface area contributed by atoms with Gasteiger partial charge in [0.1, 0.15) is 0 Å². The van der Waals surface area contributed by atoms with Gasteiger partial charge in [0.15, 0.2) is 17.4 Å². The van der Waals surface area contributed by atoms with Crippen molar-refractivity contribution in [2.24, 2.45) is 0 Å². The van der Waals surface area contributed by atoms with E-state index in [0.29, 0.717) is 6.42 Å². The number of piperazine rings is 1. The molecule has 104 valence electrons. The molecule has 1 heterocycles. The average Bonchev–Trinajstić information content (AvgIpc) is 2.37. The minimum Gasteiger partial charge on any atom is -0.304 e. The van der Waals surface area contributed by atoms with Crippen LogP contribution < -0.4 is 0 Å². The Kier molecular flexibility index (Phi) is 4.27. The molecule has 1 unspecified atom stereocenters. The molecule has 19 heavy (non-hydrogen) atoms. The first-order valence-corrected chi connectivity index (χ1v) is 6.34. The number of halogens is 2. The number of likely N-dealkylation sites (N-methyl/N-ethyl adjacent to an activating group) is 2. The topological polar surface area (TPSA) is 23.6 Å². The van der Waals surface area contributed by atoms with Crippen molar-refractivity contribution in [3.8, 4) is 0 Å². The Hall–Kier alpha value is -1.33. The van der Waals surface area contributed by atoms with Gasteiger partial charge in [-0.15, -0.1) is 0 Å². The fraction of sp³-hybridized carbons (Fsp3) is 0.500. The molecule has 1 atom stereocenters.